The highest BCUT2D eigenvalue weighted by Crippen LogP contribution is 2.40. The molecule has 3 rings (SSSR count). The van der Waals surface area contributed by atoms with Gasteiger partial charge in [0, 0.05) is 26.6 Å². The van der Waals surface area contributed by atoms with E-state index in [2.05, 4.69) is 41.8 Å². The number of rotatable bonds is 6. The first kappa shape index (κ1) is 18.5. The molecule has 0 fully saturated rings. The fourth-order valence-corrected chi connectivity index (χ4v) is 5.14. The Kier molecular flexibility index (Phi) is 5.89. The molecule has 0 bridgehead atoms. The van der Waals surface area contributed by atoms with E-state index < -0.39 is 0 Å². The number of hydrogen-bond donors (Lipinski definition) is 1. The SMILES string of the molecule is Cc1c(CO)c(C(C)C)c(Sc2cccc(Cl)c2)n1Cc1cscn1. The summed E-state index contributed by atoms with van der Waals surface area (Å²) in [5.41, 5.74) is 6.23. The number of aromatic nitrogens is 2. The fourth-order valence-electron chi connectivity index (χ4n) is 3.00. The Labute approximate surface area is 161 Å². The van der Waals surface area contributed by atoms with Gasteiger partial charge in [-0.2, -0.15) is 0 Å². The molecular formula is C19H21ClN2OS2. The number of thiazole rings is 1. The van der Waals surface area contributed by atoms with Gasteiger partial charge in [-0.25, -0.2) is 4.98 Å². The average Bonchev–Trinajstić information content (AvgIpc) is 3.16. The summed E-state index contributed by atoms with van der Waals surface area (Å²) in [6.45, 7) is 7.17. The lowest BCUT2D eigenvalue weighted by Crippen LogP contribution is -2.04. The topological polar surface area (TPSA) is 38.0 Å². The fraction of sp³-hybridized carbons (Fsp3) is 0.316. The van der Waals surface area contributed by atoms with Crippen LogP contribution in [0.4, 0.5) is 0 Å². The summed E-state index contributed by atoms with van der Waals surface area (Å²) < 4.78 is 2.27. The number of benzene rings is 1. The van der Waals surface area contributed by atoms with E-state index in [9.17, 15) is 5.11 Å². The third kappa shape index (κ3) is 3.95. The van der Waals surface area contributed by atoms with Crippen molar-refractivity contribution in [1.29, 1.82) is 0 Å². The van der Waals surface area contributed by atoms with E-state index in [1.807, 2.05) is 23.7 Å². The van der Waals surface area contributed by atoms with E-state index in [0.717, 1.165) is 31.9 Å². The molecule has 2 heterocycles. The average molecular weight is 393 g/mol. The standard InChI is InChI=1S/C19H21ClN2OS2/c1-12(2)18-17(9-23)13(3)22(8-15-10-24-11-21-15)19(18)25-16-6-4-5-14(20)7-16/h4-7,10-12,23H,8-9H2,1-3H3. The lowest BCUT2D eigenvalue weighted by atomic mass is 10.0. The molecular weight excluding hydrogens is 372 g/mol. The second kappa shape index (κ2) is 7.96. The quantitative estimate of drug-likeness (QED) is 0.582. The van der Waals surface area contributed by atoms with Crippen LogP contribution in [0.25, 0.3) is 0 Å². The molecule has 1 N–H and O–H groups in total. The molecule has 0 spiro atoms. The minimum atomic E-state index is 0.0481. The molecule has 0 unspecified atom stereocenters. The number of halogens is 1. The van der Waals surface area contributed by atoms with Crippen LogP contribution in [0.3, 0.4) is 0 Å². The first-order chi connectivity index (χ1) is 12.0. The maximum Gasteiger partial charge on any atom is 0.0841 e. The highest BCUT2D eigenvalue weighted by atomic mass is 35.5. The van der Waals surface area contributed by atoms with Gasteiger partial charge in [0.05, 0.1) is 29.4 Å². The maximum atomic E-state index is 9.96. The van der Waals surface area contributed by atoms with Gasteiger partial charge < -0.3 is 9.67 Å². The molecule has 2 aromatic heterocycles. The molecule has 132 valence electrons. The van der Waals surface area contributed by atoms with Gasteiger partial charge in [-0.15, -0.1) is 11.3 Å². The van der Waals surface area contributed by atoms with Gasteiger partial charge in [-0.05, 0) is 36.6 Å². The highest BCUT2D eigenvalue weighted by molar-refractivity contribution is 7.99. The van der Waals surface area contributed by atoms with Crippen molar-refractivity contribution in [3.8, 4) is 0 Å². The summed E-state index contributed by atoms with van der Waals surface area (Å²) in [5.74, 6) is 0.319. The van der Waals surface area contributed by atoms with Gasteiger partial charge in [-0.3, -0.25) is 0 Å². The smallest absolute Gasteiger partial charge is 0.0841 e. The van der Waals surface area contributed by atoms with Crippen molar-refractivity contribution >= 4 is 34.7 Å². The molecule has 0 amide bonds. The molecule has 6 heteroatoms. The van der Waals surface area contributed by atoms with E-state index in [-0.39, 0.29) is 6.61 Å². The van der Waals surface area contributed by atoms with Crippen molar-refractivity contribution < 1.29 is 5.11 Å². The summed E-state index contributed by atoms with van der Waals surface area (Å²) in [4.78, 5) is 5.52. The van der Waals surface area contributed by atoms with Crippen LogP contribution in [-0.2, 0) is 13.2 Å². The normalized spacial score (nSPS) is 11.4. The molecule has 0 radical (unpaired) electrons. The molecule has 3 nitrogen and oxygen atoms in total. The maximum absolute atomic E-state index is 9.96. The Bertz CT molecular complexity index is 857. The second-order valence-electron chi connectivity index (χ2n) is 6.22. The van der Waals surface area contributed by atoms with Crippen LogP contribution in [0.1, 0.15) is 42.3 Å². The van der Waals surface area contributed by atoms with Crippen LogP contribution in [0.15, 0.2) is 45.1 Å². The van der Waals surface area contributed by atoms with Crippen LogP contribution in [-0.4, -0.2) is 14.7 Å². The van der Waals surface area contributed by atoms with Gasteiger partial charge in [-0.1, -0.05) is 43.3 Å². The summed E-state index contributed by atoms with van der Waals surface area (Å²) in [5, 5.41) is 13.9. The third-order valence-corrected chi connectivity index (χ3v) is 6.19. The van der Waals surface area contributed by atoms with Crippen molar-refractivity contribution in [2.75, 3.05) is 0 Å². The number of hydrogen-bond acceptors (Lipinski definition) is 4. The van der Waals surface area contributed by atoms with E-state index in [1.54, 1.807) is 23.1 Å². The first-order valence-corrected chi connectivity index (χ1v) is 10.3. The molecule has 0 atom stereocenters. The summed E-state index contributed by atoms with van der Waals surface area (Å²) in [7, 11) is 0. The third-order valence-electron chi connectivity index (χ3n) is 4.19. The minimum Gasteiger partial charge on any atom is -0.392 e. The summed E-state index contributed by atoms with van der Waals surface area (Å²) >= 11 is 9.46. The van der Waals surface area contributed by atoms with Gasteiger partial charge in [0.15, 0.2) is 0 Å². The van der Waals surface area contributed by atoms with Crippen LogP contribution < -0.4 is 0 Å². The monoisotopic (exact) mass is 392 g/mol. The molecule has 3 aromatic rings. The zero-order valence-corrected chi connectivity index (χ0v) is 16.9. The predicted octanol–water partition coefficient (Wildman–Crippen LogP) is 5.72. The molecule has 1 aromatic carbocycles. The van der Waals surface area contributed by atoms with Crippen molar-refractivity contribution in [3.05, 3.63) is 62.7 Å². The first-order valence-electron chi connectivity index (χ1n) is 8.14. The Morgan fingerprint density at radius 2 is 2.16 bits per heavy atom. The van der Waals surface area contributed by atoms with Gasteiger partial charge in [0.2, 0.25) is 0 Å². The largest absolute Gasteiger partial charge is 0.392 e. The molecule has 0 aliphatic carbocycles. The summed E-state index contributed by atoms with van der Waals surface area (Å²) in [6, 6.07) is 7.89. The molecule has 0 saturated heterocycles. The molecule has 0 aliphatic rings. The number of nitrogens with zero attached hydrogens (tertiary/aromatic N) is 2. The Morgan fingerprint density at radius 3 is 2.76 bits per heavy atom. The van der Waals surface area contributed by atoms with E-state index >= 15 is 0 Å². The van der Waals surface area contributed by atoms with Crippen molar-refractivity contribution in [1.82, 2.24) is 9.55 Å². The number of aliphatic hydroxyl groups is 1. The molecule has 0 saturated carbocycles. The second-order valence-corrected chi connectivity index (χ2v) is 8.44. The van der Waals surface area contributed by atoms with E-state index in [1.165, 1.54) is 5.56 Å². The lowest BCUT2D eigenvalue weighted by molar-refractivity contribution is 0.279. The van der Waals surface area contributed by atoms with Crippen LogP contribution >= 0.6 is 34.7 Å². The Balaban J connectivity index is 2.11. The molecule has 25 heavy (non-hydrogen) atoms. The lowest BCUT2D eigenvalue weighted by Gasteiger charge is -2.13. The predicted molar refractivity (Wildman–Crippen MR) is 106 cm³/mol. The van der Waals surface area contributed by atoms with Gasteiger partial charge in [0.1, 0.15) is 0 Å². The number of aliphatic hydroxyl groups excluding tert-OH is 1. The Morgan fingerprint density at radius 1 is 1.36 bits per heavy atom. The zero-order valence-electron chi connectivity index (χ0n) is 14.5. The highest BCUT2D eigenvalue weighted by Gasteiger charge is 2.23. The minimum absolute atomic E-state index is 0.0481. The van der Waals surface area contributed by atoms with Gasteiger partial charge >= 0.3 is 0 Å². The Hall–Kier alpha value is -1.27. The van der Waals surface area contributed by atoms with E-state index in [0.29, 0.717) is 12.5 Å². The van der Waals surface area contributed by atoms with Crippen LogP contribution in [0, 0.1) is 6.92 Å². The van der Waals surface area contributed by atoms with Crippen molar-refractivity contribution in [2.45, 2.75) is 49.8 Å². The van der Waals surface area contributed by atoms with Crippen LogP contribution in [0.2, 0.25) is 5.02 Å². The van der Waals surface area contributed by atoms with Gasteiger partial charge in [0.25, 0.3) is 0 Å². The van der Waals surface area contributed by atoms with Crippen molar-refractivity contribution in [3.63, 3.8) is 0 Å². The zero-order chi connectivity index (χ0) is 18.0. The van der Waals surface area contributed by atoms with Crippen molar-refractivity contribution in [2.24, 2.45) is 0 Å². The summed E-state index contributed by atoms with van der Waals surface area (Å²) in [6.07, 6.45) is 0. The molecule has 0 aliphatic heterocycles. The van der Waals surface area contributed by atoms with E-state index in [4.69, 9.17) is 11.6 Å². The van der Waals surface area contributed by atoms with Crippen LogP contribution in [0.5, 0.6) is 0 Å².